The van der Waals surface area contributed by atoms with Crippen LogP contribution in [0.3, 0.4) is 0 Å². The van der Waals surface area contributed by atoms with E-state index in [9.17, 15) is 5.11 Å². The Hall–Kier alpha value is -1.01. The van der Waals surface area contributed by atoms with Gasteiger partial charge < -0.3 is 14.6 Å². The van der Waals surface area contributed by atoms with Crippen LogP contribution >= 0.6 is 11.8 Å². The van der Waals surface area contributed by atoms with E-state index in [1.807, 2.05) is 6.92 Å². The van der Waals surface area contributed by atoms with E-state index in [2.05, 4.69) is 9.97 Å². The number of aromatic nitrogens is 2. The predicted molar refractivity (Wildman–Crippen MR) is 70.2 cm³/mol. The highest BCUT2D eigenvalue weighted by molar-refractivity contribution is 8.00. The van der Waals surface area contributed by atoms with Gasteiger partial charge >= 0.3 is 0 Å². The van der Waals surface area contributed by atoms with Crippen molar-refractivity contribution in [3.63, 3.8) is 0 Å². The van der Waals surface area contributed by atoms with Crippen molar-refractivity contribution in [3.05, 3.63) is 11.9 Å². The van der Waals surface area contributed by atoms with E-state index in [0.717, 1.165) is 12.2 Å². The molecule has 0 amide bonds. The van der Waals surface area contributed by atoms with Crippen molar-refractivity contribution in [1.29, 1.82) is 0 Å². The molecule has 0 aromatic carbocycles. The number of aliphatic hydroxyl groups is 1. The second-order valence-electron chi connectivity index (χ2n) is 4.31. The normalized spacial score (nSPS) is 27.9. The van der Waals surface area contributed by atoms with Crippen molar-refractivity contribution < 1.29 is 14.6 Å². The van der Waals surface area contributed by atoms with Gasteiger partial charge in [-0.3, -0.25) is 0 Å². The van der Waals surface area contributed by atoms with Crippen LogP contribution < -0.4 is 9.47 Å². The minimum atomic E-state index is -0.979. The van der Waals surface area contributed by atoms with E-state index >= 15 is 0 Å². The highest BCUT2D eigenvalue weighted by Crippen LogP contribution is 2.43. The first-order valence-corrected chi connectivity index (χ1v) is 6.96. The zero-order chi connectivity index (χ0) is 13.2. The van der Waals surface area contributed by atoms with Crippen LogP contribution in [-0.4, -0.2) is 40.3 Å². The summed E-state index contributed by atoms with van der Waals surface area (Å²) >= 11 is 1.74. The number of hydrogen-bond acceptors (Lipinski definition) is 6. The van der Waals surface area contributed by atoms with Crippen LogP contribution in [0.15, 0.2) is 6.20 Å². The summed E-state index contributed by atoms with van der Waals surface area (Å²) in [7, 11) is 3.05. The van der Waals surface area contributed by atoms with Gasteiger partial charge in [0.1, 0.15) is 11.3 Å². The average molecular weight is 270 g/mol. The van der Waals surface area contributed by atoms with Gasteiger partial charge in [0.25, 0.3) is 0 Å². The molecular weight excluding hydrogens is 252 g/mol. The van der Waals surface area contributed by atoms with Gasteiger partial charge in [-0.1, -0.05) is 6.92 Å². The van der Waals surface area contributed by atoms with Gasteiger partial charge in [0.05, 0.1) is 20.4 Å². The van der Waals surface area contributed by atoms with Gasteiger partial charge in [-0.05, 0) is 18.6 Å². The van der Waals surface area contributed by atoms with Gasteiger partial charge in [0.15, 0.2) is 0 Å². The molecule has 0 aliphatic carbocycles. The number of hydrogen-bond donors (Lipinski definition) is 1. The topological polar surface area (TPSA) is 64.5 Å². The molecule has 0 radical (unpaired) electrons. The molecule has 18 heavy (non-hydrogen) atoms. The zero-order valence-electron chi connectivity index (χ0n) is 10.8. The molecule has 6 heteroatoms. The summed E-state index contributed by atoms with van der Waals surface area (Å²) in [6, 6.07) is 0. The molecule has 1 aliphatic rings. The highest BCUT2D eigenvalue weighted by Gasteiger charge is 2.42. The Balaban J connectivity index is 2.42. The molecule has 2 heterocycles. The summed E-state index contributed by atoms with van der Waals surface area (Å²) in [6.07, 6.45) is 3.16. The third-order valence-corrected chi connectivity index (χ3v) is 4.69. The number of methoxy groups -OCH3 is 2. The van der Waals surface area contributed by atoms with Crippen LogP contribution in [0.1, 0.15) is 25.5 Å². The van der Waals surface area contributed by atoms with Crippen LogP contribution in [0.25, 0.3) is 0 Å². The van der Waals surface area contributed by atoms with Crippen molar-refractivity contribution in [1.82, 2.24) is 9.97 Å². The van der Waals surface area contributed by atoms with Crippen molar-refractivity contribution in [2.45, 2.75) is 30.6 Å². The first kappa shape index (κ1) is 13.4. The standard InChI is InChI=1S/C12H18N2O3S/c1-8-12(15,5-4-6-18-8)10-11(17-3)14-9(16-2)7-13-10/h7-8,15H,4-6H2,1-3H3. The van der Waals surface area contributed by atoms with E-state index in [-0.39, 0.29) is 5.25 Å². The third kappa shape index (κ3) is 2.27. The van der Waals surface area contributed by atoms with Crippen LogP contribution in [0.5, 0.6) is 11.8 Å². The summed E-state index contributed by atoms with van der Waals surface area (Å²) in [4.78, 5) is 8.48. The molecule has 0 bridgehead atoms. The number of ether oxygens (including phenoxy) is 2. The molecule has 2 unspecified atom stereocenters. The van der Waals surface area contributed by atoms with E-state index < -0.39 is 5.60 Å². The molecule has 1 aromatic heterocycles. The Morgan fingerprint density at radius 1 is 1.44 bits per heavy atom. The van der Waals surface area contributed by atoms with Gasteiger partial charge in [-0.25, -0.2) is 4.98 Å². The number of nitrogens with zero attached hydrogens (tertiary/aromatic N) is 2. The second kappa shape index (κ2) is 5.32. The lowest BCUT2D eigenvalue weighted by molar-refractivity contribution is 0.0179. The van der Waals surface area contributed by atoms with Crippen LogP contribution in [0.2, 0.25) is 0 Å². The summed E-state index contributed by atoms with van der Waals surface area (Å²) in [6.45, 7) is 2.01. The lowest BCUT2D eigenvalue weighted by Gasteiger charge is -2.37. The van der Waals surface area contributed by atoms with Gasteiger partial charge in [-0.2, -0.15) is 16.7 Å². The third-order valence-electron chi connectivity index (χ3n) is 3.27. The Morgan fingerprint density at radius 3 is 2.83 bits per heavy atom. The first-order chi connectivity index (χ1) is 8.61. The minimum absolute atomic E-state index is 0.0721. The fourth-order valence-corrected chi connectivity index (χ4v) is 3.32. The molecule has 0 saturated carbocycles. The first-order valence-electron chi connectivity index (χ1n) is 5.91. The predicted octanol–water partition coefficient (Wildman–Crippen LogP) is 1.60. The molecule has 2 atom stereocenters. The average Bonchev–Trinajstić information content (AvgIpc) is 2.41. The van der Waals surface area contributed by atoms with Gasteiger partial charge in [0, 0.05) is 5.25 Å². The Morgan fingerprint density at radius 2 is 2.22 bits per heavy atom. The SMILES string of the molecule is COc1cnc(C2(O)CCCSC2C)c(OC)n1. The largest absolute Gasteiger partial charge is 0.480 e. The van der Waals surface area contributed by atoms with Gasteiger partial charge in [-0.15, -0.1) is 0 Å². The summed E-state index contributed by atoms with van der Waals surface area (Å²) in [5.74, 6) is 1.79. The zero-order valence-corrected chi connectivity index (χ0v) is 11.7. The fraction of sp³-hybridized carbons (Fsp3) is 0.667. The van der Waals surface area contributed by atoms with E-state index in [0.29, 0.717) is 23.9 Å². The number of rotatable bonds is 3. The molecular formula is C12H18N2O3S. The van der Waals surface area contributed by atoms with E-state index in [1.54, 1.807) is 11.8 Å². The molecule has 100 valence electrons. The molecule has 1 saturated heterocycles. The Bertz CT molecular complexity index is 430. The van der Waals surface area contributed by atoms with Crippen LogP contribution in [0, 0.1) is 0 Å². The quantitative estimate of drug-likeness (QED) is 0.900. The maximum absolute atomic E-state index is 10.8. The fourth-order valence-electron chi connectivity index (χ4n) is 2.15. The molecule has 2 rings (SSSR count). The van der Waals surface area contributed by atoms with Crippen molar-refractivity contribution in [3.8, 4) is 11.8 Å². The van der Waals surface area contributed by atoms with E-state index in [4.69, 9.17) is 9.47 Å². The molecule has 5 nitrogen and oxygen atoms in total. The summed E-state index contributed by atoms with van der Waals surface area (Å²) < 4.78 is 10.3. The summed E-state index contributed by atoms with van der Waals surface area (Å²) in [5, 5.41) is 10.9. The molecule has 1 fully saturated rings. The van der Waals surface area contributed by atoms with Crippen LogP contribution in [-0.2, 0) is 5.60 Å². The lowest BCUT2D eigenvalue weighted by atomic mass is 9.90. The molecule has 0 spiro atoms. The van der Waals surface area contributed by atoms with Crippen molar-refractivity contribution in [2.75, 3.05) is 20.0 Å². The van der Waals surface area contributed by atoms with Crippen molar-refractivity contribution >= 4 is 11.8 Å². The van der Waals surface area contributed by atoms with Gasteiger partial charge in [0.2, 0.25) is 11.8 Å². The van der Waals surface area contributed by atoms with Crippen LogP contribution in [0.4, 0.5) is 0 Å². The summed E-state index contributed by atoms with van der Waals surface area (Å²) in [5.41, 5.74) is -0.474. The molecule has 1 N–H and O–H groups in total. The lowest BCUT2D eigenvalue weighted by Crippen LogP contribution is -2.40. The van der Waals surface area contributed by atoms with Crippen molar-refractivity contribution in [2.24, 2.45) is 0 Å². The molecule has 1 aliphatic heterocycles. The Labute approximate surface area is 111 Å². The monoisotopic (exact) mass is 270 g/mol. The maximum Gasteiger partial charge on any atom is 0.241 e. The molecule has 1 aromatic rings. The Kier molecular flexibility index (Phi) is 3.97. The highest BCUT2D eigenvalue weighted by atomic mass is 32.2. The van der Waals surface area contributed by atoms with E-state index in [1.165, 1.54) is 20.4 Å². The minimum Gasteiger partial charge on any atom is -0.480 e. The number of thioether (sulfide) groups is 1. The smallest absolute Gasteiger partial charge is 0.241 e. The second-order valence-corrected chi connectivity index (χ2v) is 5.76. The maximum atomic E-state index is 10.8.